The molecule has 1 aromatic carbocycles. The van der Waals surface area contributed by atoms with Gasteiger partial charge in [-0.3, -0.25) is 9.59 Å². The van der Waals surface area contributed by atoms with Crippen LogP contribution in [0.5, 0.6) is 5.75 Å². The van der Waals surface area contributed by atoms with Crippen LogP contribution in [0.25, 0.3) is 11.3 Å². The Kier molecular flexibility index (Phi) is 7.86. The van der Waals surface area contributed by atoms with Crippen molar-refractivity contribution in [2.45, 2.75) is 97.0 Å². The van der Waals surface area contributed by atoms with Crippen molar-refractivity contribution < 1.29 is 32.6 Å². The number of aliphatic carboxylic acids is 1. The van der Waals surface area contributed by atoms with Gasteiger partial charge in [-0.2, -0.15) is 0 Å². The van der Waals surface area contributed by atoms with Gasteiger partial charge in [-0.1, -0.05) is 40.0 Å². The first-order valence-corrected chi connectivity index (χ1v) is 13.4. The number of alkyl halides is 3. The van der Waals surface area contributed by atoms with Crippen molar-refractivity contribution in [3.63, 3.8) is 0 Å². The molecule has 0 radical (unpaired) electrons. The Labute approximate surface area is 221 Å². The van der Waals surface area contributed by atoms with E-state index in [0.717, 1.165) is 49.2 Å². The van der Waals surface area contributed by atoms with E-state index in [2.05, 4.69) is 14.6 Å². The molecule has 2 aliphatic carbocycles. The maximum atomic E-state index is 13.3. The fourth-order valence-corrected chi connectivity index (χ4v) is 5.67. The van der Waals surface area contributed by atoms with Crippen LogP contribution in [-0.2, 0) is 16.8 Å². The molecule has 2 fully saturated rings. The van der Waals surface area contributed by atoms with Crippen LogP contribution in [0.15, 0.2) is 24.3 Å². The maximum Gasteiger partial charge on any atom is 0.573 e. The van der Waals surface area contributed by atoms with E-state index >= 15 is 0 Å². The summed E-state index contributed by atoms with van der Waals surface area (Å²) < 4.78 is 45.8. The average Bonchev–Trinajstić information content (AvgIpc) is 3.11. The molecular formula is C29H37F3N2O4. The number of rotatable bonds is 7. The van der Waals surface area contributed by atoms with Gasteiger partial charge in [0.15, 0.2) is 0 Å². The normalized spacial score (nSPS) is 20.6. The second kappa shape index (κ2) is 10.7. The number of halogens is 3. The molecule has 0 atom stereocenters. The first-order valence-electron chi connectivity index (χ1n) is 13.4. The summed E-state index contributed by atoms with van der Waals surface area (Å²) in [6, 6.07) is 6.34. The zero-order valence-corrected chi connectivity index (χ0v) is 22.5. The quantitative estimate of drug-likeness (QED) is 0.408. The minimum absolute atomic E-state index is 0.181. The number of aromatic nitrogens is 1. The van der Waals surface area contributed by atoms with Crippen LogP contribution >= 0.6 is 0 Å². The predicted molar refractivity (Wildman–Crippen MR) is 138 cm³/mol. The van der Waals surface area contributed by atoms with E-state index in [4.69, 9.17) is 5.11 Å². The number of benzene rings is 1. The van der Waals surface area contributed by atoms with E-state index < -0.39 is 23.7 Å². The Morgan fingerprint density at radius 2 is 1.74 bits per heavy atom. The van der Waals surface area contributed by atoms with Crippen molar-refractivity contribution in [2.75, 3.05) is 0 Å². The standard InChI is InChI=1S/C29H37F3N2O4/c1-17-22(26(35)33-21-12-20(13-21)27(36)37)15-24(34(17)16-18-8-6-5-7-9-18)19-10-11-25(38-29(30,31)32)23(14-19)28(2,3)4/h10-11,14-15,18,20-21H,5-9,12-13,16H2,1-4H3,(H,33,35)(H,36,37). The zero-order chi connectivity index (χ0) is 27.8. The first-order chi connectivity index (χ1) is 17.7. The molecule has 0 spiro atoms. The lowest BCUT2D eigenvalue weighted by Gasteiger charge is -2.32. The molecule has 38 heavy (non-hydrogen) atoms. The molecular weight excluding hydrogens is 497 g/mol. The number of nitrogens with zero attached hydrogens (tertiary/aromatic N) is 1. The van der Waals surface area contributed by atoms with Gasteiger partial charge in [-0.05, 0) is 73.8 Å². The summed E-state index contributed by atoms with van der Waals surface area (Å²) in [5.41, 5.74) is 2.61. The molecule has 2 aliphatic rings. The number of carboxylic acid groups (broad SMARTS) is 1. The van der Waals surface area contributed by atoms with Crippen LogP contribution in [0, 0.1) is 18.8 Å². The maximum absolute atomic E-state index is 13.3. The van der Waals surface area contributed by atoms with Crippen LogP contribution in [-0.4, -0.2) is 34.0 Å². The van der Waals surface area contributed by atoms with Crippen LogP contribution in [0.4, 0.5) is 13.2 Å². The van der Waals surface area contributed by atoms with Gasteiger partial charge in [0.2, 0.25) is 0 Å². The highest BCUT2D eigenvalue weighted by Gasteiger charge is 2.36. The summed E-state index contributed by atoms with van der Waals surface area (Å²) in [5.74, 6) is -1.30. The monoisotopic (exact) mass is 534 g/mol. The molecule has 2 saturated carbocycles. The molecule has 2 N–H and O–H groups in total. The second-order valence-electron chi connectivity index (χ2n) is 11.8. The second-order valence-corrected chi connectivity index (χ2v) is 11.8. The molecule has 0 unspecified atom stereocenters. The molecule has 6 nitrogen and oxygen atoms in total. The molecule has 1 amide bonds. The Balaban J connectivity index is 1.71. The summed E-state index contributed by atoms with van der Waals surface area (Å²) in [6.07, 6.45) is 1.76. The smallest absolute Gasteiger partial charge is 0.481 e. The largest absolute Gasteiger partial charge is 0.573 e. The van der Waals surface area contributed by atoms with Crippen molar-refractivity contribution in [3.8, 4) is 17.0 Å². The van der Waals surface area contributed by atoms with Gasteiger partial charge in [0, 0.05) is 29.5 Å². The van der Waals surface area contributed by atoms with Gasteiger partial charge in [-0.25, -0.2) is 0 Å². The molecule has 208 valence electrons. The van der Waals surface area contributed by atoms with Gasteiger partial charge < -0.3 is 19.7 Å². The lowest BCUT2D eigenvalue weighted by molar-refractivity contribution is -0.275. The Morgan fingerprint density at radius 1 is 1.08 bits per heavy atom. The average molecular weight is 535 g/mol. The van der Waals surface area contributed by atoms with Gasteiger partial charge >= 0.3 is 12.3 Å². The van der Waals surface area contributed by atoms with Gasteiger partial charge in [-0.15, -0.1) is 13.2 Å². The van der Waals surface area contributed by atoms with Gasteiger partial charge in [0.05, 0.1) is 11.5 Å². The van der Waals surface area contributed by atoms with Crippen LogP contribution in [0.1, 0.15) is 87.3 Å². The van der Waals surface area contributed by atoms with E-state index in [9.17, 15) is 22.8 Å². The number of nitrogens with one attached hydrogen (secondary N) is 1. The Hall–Kier alpha value is -2.97. The fraction of sp³-hybridized carbons (Fsp3) is 0.586. The summed E-state index contributed by atoms with van der Waals surface area (Å²) in [5, 5.41) is 12.1. The molecule has 4 rings (SSSR count). The fourth-order valence-electron chi connectivity index (χ4n) is 5.67. The van der Waals surface area contributed by atoms with Crippen molar-refractivity contribution in [3.05, 3.63) is 41.1 Å². The molecule has 0 aliphatic heterocycles. The molecule has 2 aromatic rings. The third-order valence-corrected chi connectivity index (χ3v) is 7.91. The first kappa shape index (κ1) is 28.0. The van der Waals surface area contributed by atoms with E-state index in [1.54, 1.807) is 12.1 Å². The number of amides is 1. The summed E-state index contributed by atoms with van der Waals surface area (Å²) >= 11 is 0. The molecule has 1 heterocycles. The Morgan fingerprint density at radius 3 is 2.32 bits per heavy atom. The highest BCUT2D eigenvalue weighted by atomic mass is 19.4. The van der Waals surface area contributed by atoms with E-state index in [-0.39, 0.29) is 17.7 Å². The third-order valence-electron chi connectivity index (χ3n) is 7.91. The van der Waals surface area contributed by atoms with Crippen LogP contribution < -0.4 is 10.1 Å². The van der Waals surface area contributed by atoms with Crippen molar-refractivity contribution in [1.82, 2.24) is 9.88 Å². The summed E-state index contributed by atoms with van der Waals surface area (Å²) in [4.78, 5) is 24.4. The number of ether oxygens (including phenoxy) is 1. The summed E-state index contributed by atoms with van der Waals surface area (Å²) in [7, 11) is 0. The predicted octanol–water partition coefficient (Wildman–Crippen LogP) is 6.83. The Bertz CT molecular complexity index is 1180. The zero-order valence-electron chi connectivity index (χ0n) is 22.5. The van der Waals surface area contributed by atoms with Crippen molar-refractivity contribution in [2.24, 2.45) is 11.8 Å². The highest BCUT2D eigenvalue weighted by Crippen LogP contribution is 2.39. The van der Waals surface area contributed by atoms with Gasteiger partial charge in [0.1, 0.15) is 5.75 Å². The van der Waals surface area contributed by atoms with Crippen LogP contribution in [0.2, 0.25) is 0 Å². The SMILES string of the molecule is Cc1c(C(=O)NC2CC(C(=O)O)C2)cc(-c2ccc(OC(F)(F)F)c(C(C)(C)C)c2)n1CC1CCCCC1. The molecule has 0 saturated heterocycles. The van der Waals surface area contributed by atoms with Crippen LogP contribution in [0.3, 0.4) is 0 Å². The van der Waals surface area contributed by atoms with Gasteiger partial charge in [0.25, 0.3) is 5.91 Å². The molecule has 1 aromatic heterocycles. The molecule has 0 bridgehead atoms. The summed E-state index contributed by atoms with van der Waals surface area (Å²) in [6.45, 7) is 8.13. The lowest BCUT2D eigenvalue weighted by Crippen LogP contribution is -2.46. The number of carboxylic acids is 1. The van der Waals surface area contributed by atoms with E-state index in [0.29, 0.717) is 29.9 Å². The topological polar surface area (TPSA) is 80.6 Å². The highest BCUT2D eigenvalue weighted by molar-refractivity contribution is 5.97. The minimum atomic E-state index is -4.80. The minimum Gasteiger partial charge on any atom is -0.481 e. The number of hydrogen-bond donors (Lipinski definition) is 2. The number of carbonyl (C=O) groups excluding carboxylic acids is 1. The van der Waals surface area contributed by atoms with E-state index in [1.165, 1.54) is 12.5 Å². The third kappa shape index (κ3) is 6.35. The molecule has 9 heteroatoms. The number of hydrogen-bond acceptors (Lipinski definition) is 3. The lowest BCUT2D eigenvalue weighted by atomic mass is 9.80. The van der Waals surface area contributed by atoms with Crippen molar-refractivity contribution >= 4 is 11.9 Å². The number of carbonyl (C=O) groups is 2. The van der Waals surface area contributed by atoms with Crippen molar-refractivity contribution in [1.29, 1.82) is 0 Å². The van der Waals surface area contributed by atoms with E-state index in [1.807, 2.05) is 33.8 Å².